The van der Waals surface area contributed by atoms with Gasteiger partial charge >= 0.3 is 0 Å². The molecule has 1 unspecified atom stereocenters. The van der Waals surface area contributed by atoms with Crippen LogP contribution in [0.2, 0.25) is 0 Å². The number of aliphatic hydroxyl groups is 1. The summed E-state index contributed by atoms with van der Waals surface area (Å²) in [5.74, 6) is -0.0819. The van der Waals surface area contributed by atoms with Crippen LogP contribution in [0.15, 0.2) is 54.7 Å². The van der Waals surface area contributed by atoms with E-state index in [1.165, 1.54) is 22.6 Å². The van der Waals surface area contributed by atoms with Crippen molar-refractivity contribution in [2.24, 2.45) is 5.41 Å². The second-order valence-electron chi connectivity index (χ2n) is 12.0. The maximum atomic E-state index is 15.3. The fraction of sp³-hybridized carbons (Fsp3) is 0.387. The maximum Gasteiger partial charge on any atom is 0.263 e. The monoisotopic (exact) mass is 563 g/mol. The Morgan fingerprint density at radius 1 is 1.12 bits per heavy atom. The summed E-state index contributed by atoms with van der Waals surface area (Å²) in [6.07, 6.45) is 0.787. The number of halogens is 3. The quantitative estimate of drug-likeness (QED) is 0.319. The number of piperidine rings is 1. The van der Waals surface area contributed by atoms with Gasteiger partial charge in [0.1, 0.15) is 28.5 Å². The van der Waals surface area contributed by atoms with Crippen LogP contribution < -0.4 is 5.73 Å². The zero-order chi connectivity index (χ0) is 29.3. The molecule has 2 aromatic carbocycles. The second-order valence-corrected chi connectivity index (χ2v) is 12.0. The molecule has 214 valence electrons. The first kappa shape index (κ1) is 27.3. The highest BCUT2D eigenvalue weighted by atomic mass is 19.3. The summed E-state index contributed by atoms with van der Waals surface area (Å²) in [7, 11) is 0. The van der Waals surface area contributed by atoms with Crippen molar-refractivity contribution in [3.05, 3.63) is 83.2 Å². The highest BCUT2D eigenvalue weighted by Crippen LogP contribution is 2.44. The molecule has 0 aliphatic carbocycles. The smallest absolute Gasteiger partial charge is 0.263 e. The lowest BCUT2D eigenvalue weighted by molar-refractivity contribution is -0.136. The van der Waals surface area contributed by atoms with Crippen LogP contribution in [0.25, 0.3) is 16.8 Å². The van der Waals surface area contributed by atoms with Crippen LogP contribution in [0.1, 0.15) is 74.9 Å². The summed E-state index contributed by atoms with van der Waals surface area (Å²) < 4.78 is 43.2. The molecule has 7 nitrogen and oxygen atoms in total. The van der Waals surface area contributed by atoms with Gasteiger partial charge in [0.15, 0.2) is 0 Å². The van der Waals surface area contributed by atoms with Crippen molar-refractivity contribution < 1.29 is 23.1 Å². The van der Waals surface area contributed by atoms with Crippen molar-refractivity contribution >= 4 is 17.2 Å². The van der Waals surface area contributed by atoms with Gasteiger partial charge in [0.05, 0.1) is 6.20 Å². The molecular weight excluding hydrogens is 531 g/mol. The highest BCUT2D eigenvalue weighted by molar-refractivity contribution is 5.86. The molecule has 2 saturated heterocycles. The van der Waals surface area contributed by atoms with Crippen LogP contribution in [-0.4, -0.2) is 42.9 Å². The minimum atomic E-state index is -2.65. The number of fused-ring (bicyclic) bond motifs is 2. The van der Waals surface area contributed by atoms with Crippen molar-refractivity contribution in [1.29, 1.82) is 0 Å². The summed E-state index contributed by atoms with van der Waals surface area (Å²) in [5.41, 5.74) is 6.36. The van der Waals surface area contributed by atoms with Crippen molar-refractivity contribution in [2.75, 3.05) is 12.3 Å². The molecule has 4 heterocycles. The maximum absolute atomic E-state index is 15.3. The summed E-state index contributed by atoms with van der Waals surface area (Å²) in [6, 6.07) is 12.7. The van der Waals surface area contributed by atoms with E-state index >= 15 is 4.39 Å². The lowest BCUT2D eigenvalue weighted by atomic mass is 9.87. The first-order valence-electron chi connectivity index (χ1n) is 13.7. The number of aromatic nitrogens is 3. The molecule has 1 amide bonds. The highest BCUT2D eigenvalue weighted by Gasteiger charge is 2.48. The fourth-order valence-corrected chi connectivity index (χ4v) is 6.47. The van der Waals surface area contributed by atoms with Crippen LogP contribution in [0.5, 0.6) is 0 Å². The summed E-state index contributed by atoms with van der Waals surface area (Å²) in [4.78, 5) is 23.9. The van der Waals surface area contributed by atoms with Gasteiger partial charge in [-0.3, -0.25) is 9.20 Å². The molecule has 2 aliphatic heterocycles. The molecule has 10 heteroatoms. The number of benzene rings is 2. The fourth-order valence-electron chi connectivity index (χ4n) is 6.47. The predicted octanol–water partition coefficient (Wildman–Crippen LogP) is 5.82. The molecule has 3 N–H and O–H groups in total. The minimum absolute atomic E-state index is 0.108. The number of anilines is 1. The predicted molar refractivity (Wildman–Crippen MR) is 149 cm³/mol. The molecule has 2 fully saturated rings. The Kier molecular flexibility index (Phi) is 6.37. The van der Waals surface area contributed by atoms with E-state index in [1.54, 1.807) is 37.3 Å². The van der Waals surface area contributed by atoms with E-state index in [4.69, 9.17) is 10.7 Å². The summed E-state index contributed by atoms with van der Waals surface area (Å²) in [6.45, 7) is 5.93. The third-order valence-corrected chi connectivity index (χ3v) is 8.75. The zero-order valence-corrected chi connectivity index (χ0v) is 23.1. The van der Waals surface area contributed by atoms with Gasteiger partial charge in [-0.25, -0.2) is 18.7 Å². The third-order valence-electron chi connectivity index (χ3n) is 8.75. The van der Waals surface area contributed by atoms with Crippen molar-refractivity contribution in [3.63, 3.8) is 0 Å². The van der Waals surface area contributed by atoms with Gasteiger partial charge in [0, 0.05) is 35.0 Å². The number of rotatable bonds is 5. The van der Waals surface area contributed by atoms with Crippen LogP contribution in [0, 0.1) is 11.4 Å². The lowest BCUT2D eigenvalue weighted by Crippen LogP contribution is -2.42. The number of amides is 1. The van der Waals surface area contributed by atoms with Gasteiger partial charge in [0.2, 0.25) is 11.9 Å². The van der Waals surface area contributed by atoms with Gasteiger partial charge < -0.3 is 15.7 Å². The number of nitrogens with two attached hydrogens (primary N) is 1. The molecule has 6 rings (SSSR count). The van der Waals surface area contributed by atoms with Gasteiger partial charge in [-0.2, -0.15) is 4.39 Å². The van der Waals surface area contributed by atoms with E-state index in [0.29, 0.717) is 40.3 Å². The van der Waals surface area contributed by atoms with E-state index in [2.05, 4.69) is 4.98 Å². The third kappa shape index (κ3) is 4.45. The summed E-state index contributed by atoms with van der Waals surface area (Å²) in [5, 5.41) is 11.3. The van der Waals surface area contributed by atoms with E-state index in [9.17, 15) is 18.7 Å². The van der Waals surface area contributed by atoms with Crippen molar-refractivity contribution in [3.8, 4) is 11.3 Å². The SMILES string of the molecule is CC1(C)C[C@@H]2CC[C@@H](c3nc(-c4ccc(C(C)(O)c5cccc(C(F)F)c5)cc4)c4c(N)ncc(F)n34)CN2C1=O. The van der Waals surface area contributed by atoms with E-state index in [1.807, 2.05) is 18.7 Å². The van der Waals surface area contributed by atoms with Crippen LogP contribution in [0.4, 0.5) is 19.0 Å². The van der Waals surface area contributed by atoms with E-state index < -0.39 is 23.4 Å². The number of carbonyl (C=O) groups is 1. The Morgan fingerprint density at radius 3 is 2.56 bits per heavy atom. The topological polar surface area (TPSA) is 96.8 Å². The van der Waals surface area contributed by atoms with Gasteiger partial charge in [0.25, 0.3) is 6.43 Å². The van der Waals surface area contributed by atoms with E-state index in [-0.39, 0.29) is 29.2 Å². The molecular formula is C31H32F3N5O2. The number of hydrogen-bond donors (Lipinski definition) is 2. The minimum Gasteiger partial charge on any atom is -0.382 e. The Balaban J connectivity index is 1.38. The van der Waals surface area contributed by atoms with Crippen molar-refractivity contribution in [2.45, 2.75) is 64.0 Å². The number of nitrogens with zero attached hydrogens (tertiary/aromatic N) is 4. The number of imidazole rings is 1. The zero-order valence-electron chi connectivity index (χ0n) is 23.1. The average molecular weight is 564 g/mol. The standard InChI is InChI=1S/C31H32F3N5O2/c1-30(2)14-22-12-9-19(16-38(22)29(30)40)28-37-24(25-27(35)36-15-23(32)39(25)28)17-7-10-20(11-8-17)31(3,41)21-6-4-5-18(13-21)26(33)34/h4-8,10-11,13,15,19,22,26,41H,9,12,14,16H2,1-3H3,(H2,35,36)/t19-,22+,31?/m1/s1. The molecule has 41 heavy (non-hydrogen) atoms. The largest absolute Gasteiger partial charge is 0.382 e. The van der Waals surface area contributed by atoms with Crippen LogP contribution in [0.3, 0.4) is 0 Å². The molecule has 3 atom stereocenters. The average Bonchev–Trinajstić information content (AvgIpc) is 3.46. The Bertz CT molecular complexity index is 1650. The Hall–Kier alpha value is -3.92. The molecule has 0 bridgehead atoms. The number of carbonyl (C=O) groups excluding carboxylic acids is 1. The van der Waals surface area contributed by atoms with Gasteiger partial charge in [-0.1, -0.05) is 56.3 Å². The van der Waals surface area contributed by atoms with E-state index in [0.717, 1.165) is 25.5 Å². The Morgan fingerprint density at radius 2 is 1.85 bits per heavy atom. The molecule has 0 spiro atoms. The molecule has 2 aromatic heterocycles. The lowest BCUT2D eigenvalue weighted by Gasteiger charge is -2.34. The molecule has 0 radical (unpaired) electrons. The normalized spacial score (nSPS) is 21.9. The number of alkyl halides is 2. The first-order valence-corrected chi connectivity index (χ1v) is 13.7. The molecule has 0 saturated carbocycles. The molecule has 4 aromatic rings. The van der Waals surface area contributed by atoms with Crippen molar-refractivity contribution in [1.82, 2.24) is 19.3 Å². The van der Waals surface area contributed by atoms with Gasteiger partial charge in [-0.15, -0.1) is 0 Å². The first-order chi connectivity index (χ1) is 19.4. The second kappa shape index (κ2) is 9.58. The molecule has 2 aliphatic rings. The van der Waals surface area contributed by atoms with Crippen LogP contribution in [-0.2, 0) is 10.4 Å². The number of hydrogen-bond acceptors (Lipinski definition) is 5. The number of nitrogen functional groups attached to an aromatic ring is 1. The van der Waals surface area contributed by atoms with Gasteiger partial charge in [-0.05, 0) is 43.4 Å². The van der Waals surface area contributed by atoms with Crippen LogP contribution >= 0.6 is 0 Å². The Labute approximate surface area is 235 Å². The summed E-state index contributed by atoms with van der Waals surface area (Å²) >= 11 is 0.